The molecule has 8 heteroatoms. The summed E-state index contributed by atoms with van der Waals surface area (Å²) in [6, 6.07) is 0. The molecule has 0 aliphatic carbocycles. The van der Waals surface area contributed by atoms with E-state index in [1.165, 1.54) is 14.5 Å². The average Bonchev–Trinajstić information content (AvgIpc) is 2.91. The van der Waals surface area contributed by atoms with E-state index in [-0.39, 0.29) is 5.56 Å². The third-order valence-electron chi connectivity index (χ3n) is 2.33. The first-order valence-corrected chi connectivity index (χ1v) is 6.75. The largest absolute Gasteiger partial charge is 0.396 e. The lowest BCUT2D eigenvalue weighted by molar-refractivity contribution is 0.295. The van der Waals surface area contributed by atoms with Gasteiger partial charge in [-0.2, -0.15) is 0 Å². The smallest absolute Gasteiger partial charge is 0.343 e. The number of fused-ring (bicyclic) bond motifs is 1. The maximum atomic E-state index is 11.8. The summed E-state index contributed by atoms with van der Waals surface area (Å²) in [6.07, 6.45) is 2.99. The molecule has 0 bridgehead atoms. The zero-order chi connectivity index (χ0) is 14.4. The van der Waals surface area contributed by atoms with Crippen molar-refractivity contribution in [2.75, 3.05) is 6.61 Å². The van der Waals surface area contributed by atoms with Gasteiger partial charge in [-0.15, -0.1) is 0 Å². The number of hydrogen-bond donors (Lipinski definition) is 2. The van der Waals surface area contributed by atoms with Gasteiger partial charge in [-0.05, 0) is 12.8 Å². The Kier molecular flexibility index (Phi) is 5.97. The molecule has 0 aromatic carbocycles. The van der Waals surface area contributed by atoms with Crippen LogP contribution in [0.4, 0.5) is 0 Å². The molecule has 0 atom stereocenters. The molecule has 106 valence electrons. The highest BCUT2D eigenvalue weighted by Crippen LogP contribution is 2.03. The fourth-order valence-electron chi connectivity index (χ4n) is 1.43. The number of nitrogens with zero attached hydrogens (tertiary/aromatic N) is 3. The third-order valence-corrected chi connectivity index (χ3v) is 2.97. The second kappa shape index (κ2) is 7.25. The quantitative estimate of drug-likeness (QED) is 0.871. The molecule has 0 unspecified atom stereocenters. The van der Waals surface area contributed by atoms with Gasteiger partial charge in [0.1, 0.15) is 0 Å². The standard InChI is InChI=1S/C8H9BrN4O2.C3H8O/c1-2-3-12-7(14)5-6(11-4-10-5)13(9)8(12)15;1-2-3-4/h4H,2-3H2,1H3,(H,10,11);4H,2-3H2,1H3. The highest BCUT2D eigenvalue weighted by atomic mass is 79.9. The highest BCUT2D eigenvalue weighted by molar-refractivity contribution is 9.08. The number of H-pyrrole nitrogens is 1. The van der Waals surface area contributed by atoms with Crippen molar-refractivity contribution in [2.45, 2.75) is 33.2 Å². The lowest BCUT2D eigenvalue weighted by atomic mass is 10.4. The van der Waals surface area contributed by atoms with Gasteiger partial charge in [0.15, 0.2) is 11.2 Å². The summed E-state index contributed by atoms with van der Waals surface area (Å²) < 4.78 is 2.37. The Morgan fingerprint density at radius 3 is 2.53 bits per heavy atom. The molecular formula is C11H17BrN4O3. The fraction of sp³-hybridized carbons (Fsp3) is 0.545. The second-order valence-electron chi connectivity index (χ2n) is 3.84. The molecule has 0 aliphatic heterocycles. The van der Waals surface area contributed by atoms with Crippen molar-refractivity contribution in [3.8, 4) is 0 Å². The van der Waals surface area contributed by atoms with Crippen molar-refractivity contribution in [1.29, 1.82) is 0 Å². The van der Waals surface area contributed by atoms with Gasteiger partial charge in [0.25, 0.3) is 5.56 Å². The minimum atomic E-state index is -0.401. The molecule has 2 aromatic rings. The van der Waals surface area contributed by atoms with Crippen LogP contribution in [0.25, 0.3) is 11.2 Å². The predicted octanol–water partition coefficient (Wildman–Crippen LogP) is 0.843. The lowest BCUT2D eigenvalue weighted by Crippen LogP contribution is -2.37. The van der Waals surface area contributed by atoms with E-state index in [2.05, 4.69) is 26.1 Å². The number of aromatic amines is 1. The minimum Gasteiger partial charge on any atom is -0.396 e. The van der Waals surface area contributed by atoms with Crippen LogP contribution >= 0.6 is 16.1 Å². The first-order chi connectivity index (χ1) is 9.08. The Morgan fingerprint density at radius 2 is 2.00 bits per heavy atom. The van der Waals surface area contributed by atoms with E-state index in [0.717, 1.165) is 12.8 Å². The average molecular weight is 333 g/mol. The Labute approximate surface area is 118 Å². The fourth-order valence-corrected chi connectivity index (χ4v) is 1.89. The molecule has 0 spiro atoms. The van der Waals surface area contributed by atoms with Crippen molar-refractivity contribution in [1.82, 2.24) is 18.1 Å². The first kappa shape index (κ1) is 15.6. The summed E-state index contributed by atoms with van der Waals surface area (Å²) in [5.41, 5.74) is -0.0798. The van der Waals surface area contributed by atoms with Crippen molar-refractivity contribution in [3.63, 3.8) is 0 Å². The summed E-state index contributed by atoms with van der Waals surface area (Å²) in [5.74, 6) is 0. The summed E-state index contributed by atoms with van der Waals surface area (Å²) >= 11 is 3.08. The highest BCUT2D eigenvalue weighted by Gasteiger charge is 2.12. The van der Waals surface area contributed by atoms with E-state index in [4.69, 9.17) is 5.11 Å². The molecule has 2 heterocycles. The Bertz CT molecular complexity index is 641. The van der Waals surface area contributed by atoms with Crippen LogP contribution in [0.1, 0.15) is 26.7 Å². The van der Waals surface area contributed by atoms with E-state index < -0.39 is 5.69 Å². The molecule has 0 aliphatic rings. The van der Waals surface area contributed by atoms with E-state index >= 15 is 0 Å². The van der Waals surface area contributed by atoms with Crippen LogP contribution in [0.2, 0.25) is 0 Å². The molecule has 0 amide bonds. The molecule has 0 radical (unpaired) electrons. The monoisotopic (exact) mass is 332 g/mol. The zero-order valence-electron chi connectivity index (χ0n) is 10.9. The number of hydrogen-bond acceptors (Lipinski definition) is 4. The molecule has 2 aromatic heterocycles. The van der Waals surface area contributed by atoms with Gasteiger partial charge in [0, 0.05) is 13.2 Å². The maximum absolute atomic E-state index is 11.8. The molecule has 19 heavy (non-hydrogen) atoms. The number of aromatic nitrogens is 4. The van der Waals surface area contributed by atoms with Gasteiger partial charge in [-0.25, -0.2) is 13.4 Å². The van der Waals surface area contributed by atoms with Gasteiger partial charge < -0.3 is 10.1 Å². The normalized spacial score (nSPS) is 10.3. The van der Waals surface area contributed by atoms with Crippen LogP contribution in [-0.4, -0.2) is 29.8 Å². The molecule has 0 fully saturated rings. The number of aliphatic hydroxyl groups is 1. The zero-order valence-corrected chi connectivity index (χ0v) is 12.5. The molecule has 7 nitrogen and oxygen atoms in total. The van der Waals surface area contributed by atoms with Crippen LogP contribution in [0.5, 0.6) is 0 Å². The topological polar surface area (TPSA) is 92.9 Å². The van der Waals surface area contributed by atoms with Crippen LogP contribution in [-0.2, 0) is 6.54 Å². The van der Waals surface area contributed by atoms with Gasteiger partial charge >= 0.3 is 5.69 Å². The third kappa shape index (κ3) is 3.32. The van der Waals surface area contributed by atoms with E-state index in [0.29, 0.717) is 24.3 Å². The Morgan fingerprint density at radius 1 is 1.37 bits per heavy atom. The van der Waals surface area contributed by atoms with E-state index in [1.807, 2.05) is 13.8 Å². The van der Waals surface area contributed by atoms with Gasteiger partial charge in [-0.3, -0.25) is 9.36 Å². The van der Waals surface area contributed by atoms with Crippen molar-refractivity contribution in [3.05, 3.63) is 27.2 Å². The Hall–Kier alpha value is -1.41. The number of rotatable bonds is 3. The van der Waals surface area contributed by atoms with Crippen LogP contribution in [0.15, 0.2) is 15.9 Å². The van der Waals surface area contributed by atoms with Crippen molar-refractivity contribution in [2.24, 2.45) is 0 Å². The molecule has 0 saturated heterocycles. The number of nitrogens with one attached hydrogen (secondary N) is 1. The van der Waals surface area contributed by atoms with Crippen molar-refractivity contribution >= 4 is 27.3 Å². The second-order valence-corrected chi connectivity index (χ2v) is 4.55. The van der Waals surface area contributed by atoms with Crippen LogP contribution in [0, 0.1) is 0 Å². The SMILES string of the molecule is CCCO.CCCn1c(=O)c2[nH]cnc2n(Br)c1=O. The van der Waals surface area contributed by atoms with Crippen molar-refractivity contribution < 1.29 is 5.11 Å². The number of imidazole rings is 1. The minimum absolute atomic E-state index is 0.317. The molecule has 2 N–H and O–H groups in total. The molecular weight excluding hydrogens is 316 g/mol. The van der Waals surface area contributed by atoms with E-state index in [9.17, 15) is 9.59 Å². The van der Waals surface area contributed by atoms with E-state index in [1.54, 1.807) is 0 Å². The number of aliphatic hydroxyl groups excluding tert-OH is 1. The summed E-state index contributed by atoms with van der Waals surface area (Å²) in [6.45, 7) is 4.56. The van der Waals surface area contributed by atoms with Gasteiger partial charge in [0.2, 0.25) is 0 Å². The Balaban J connectivity index is 0.000000399. The number of halogens is 1. The maximum Gasteiger partial charge on any atom is 0.343 e. The summed E-state index contributed by atoms with van der Waals surface area (Å²) in [7, 11) is 0. The molecule has 2 rings (SSSR count). The first-order valence-electron chi connectivity index (χ1n) is 6.04. The summed E-state index contributed by atoms with van der Waals surface area (Å²) in [5, 5.41) is 7.88. The predicted molar refractivity (Wildman–Crippen MR) is 76.6 cm³/mol. The lowest BCUT2D eigenvalue weighted by Gasteiger charge is -2.04. The van der Waals surface area contributed by atoms with Gasteiger partial charge in [-0.1, -0.05) is 13.8 Å². The van der Waals surface area contributed by atoms with Gasteiger partial charge in [0.05, 0.1) is 22.5 Å². The van der Waals surface area contributed by atoms with Crippen LogP contribution in [0.3, 0.4) is 0 Å². The van der Waals surface area contributed by atoms with Crippen LogP contribution < -0.4 is 11.2 Å². The summed E-state index contributed by atoms with van der Waals surface area (Å²) in [4.78, 5) is 30.1. The molecule has 0 saturated carbocycles.